The zero-order chi connectivity index (χ0) is 15.4. The topological polar surface area (TPSA) is 55.1 Å². The van der Waals surface area contributed by atoms with E-state index in [-0.39, 0.29) is 11.7 Å². The summed E-state index contributed by atoms with van der Waals surface area (Å²) in [6.45, 7) is 1.98. The molecule has 0 aliphatic rings. The summed E-state index contributed by atoms with van der Waals surface area (Å²) in [5.41, 5.74) is 8.03. The van der Waals surface area contributed by atoms with Gasteiger partial charge in [0.15, 0.2) is 0 Å². The monoisotopic (exact) mass is 340 g/mol. The van der Waals surface area contributed by atoms with E-state index in [4.69, 9.17) is 28.9 Å². The molecule has 1 amide bonds. The Morgan fingerprint density at radius 2 is 2.00 bits per heavy atom. The molecule has 3 N–H and O–H groups in total. The Morgan fingerprint density at radius 3 is 2.76 bits per heavy atom. The second kappa shape index (κ2) is 7.07. The Morgan fingerprint density at radius 1 is 1.24 bits per heavy atom. The van der Waals surface area contributed by atoms with Gasteiger partial charge in [0.1, 0.15) is 0 Å². The summed E-state index contributed by atoms with van der Waals surface area (Å²) in [5, 5.41) is 3.73. The van der Waals surface area contributed by atoms with E-state index < -0.39 is 0 Å². The van der Waals surface area contributed by atoms with Crippen LogP contribution >= 0.6 is 35.0 Å². The summed E-state index contributed by atoms with van der Waals surface area (Å²) in [6, 6.07) is 10.6. The molecule has 0 atom stereocenters. The number of thioether (sulfide) groups is 1. The molecule has 2 rings (SSSR count). The Labute approximate surface area is 137 Å². The van der Waals surface area contributed by atoms with Gasteiger partial charge in [-0.15, -0.1) is 11.8 Å². The van der Waals surface area contributed by atoms with Gasteiger partial charge in [-0.3, -0.25) is 4.79 Å². The second-order valence-corrected chi connectivity index (χ2v) is 6.35. The van der Waals surface area contributed by atoms with Crippen molar-refractivity contribution >= 4 is 52.2 Å². The maximum atomic E-state index is 12.0. The molecular weight excluding hydrogens is 327 g/mol. The van der Waals surface area contributed by atoms with Crippen LogP contribution in [0.2, 0.25) is 10.0 Å². The fraction of sp³-hybridized carbons (Fsp3) is 0.133. The van der Waals surface area contributed by atoms with Crippen molar-refractivity contribution in [3.8, 4) is 0 Å². The summed E-state index contributed by atoms with van der Waals surface area (Å²) >= 11 is 13.3. The summed E-state index contributed by atoms with van der Waals surface area (Å²) in [4.78, 5) is 13.0. The molecule has 0 saturated heterocycles. The third-order valence-corrected chi connectivity index (χ3v) is 4.50. The minimum atomic E-state index is -0.147. The van der Waals surface area contributed by atoms with Crippen LogP contribution in [0.4, 0.5) is 11.4 Å². The number of hydrogen-bond donors (Lipinski definition) is 2. The Balaban J connectivity index is 1.99. The zero-order valence-electron chi connectivity index (χ0n) is 11.3. The lowest BCUT2D eigenvalue weighted by atomic mass is 10.2. The molecule has 0 unspecified atom stereocenters. The summed E-state index contributed by atoms with van der Waals surface area (Å²) in [5.74, 6) is 0.124. The van der Waals surface area contributed by atoms with Crippen molar-refractivity contribution in [1.29, 1.82) is 0 Å². The zero-order valence-corrected chi connectivity index (χ0v) is 13.6. The summed E-state index contributed by atoms with van der Waals surface area (Å²) in [7, 11) is 0. The van der Waals surface area contributed by atoms with Gasteiger partial charge in [0, 0.05) is 15.6 Å². The molecule has 0 aliphatic heterocycles. The summed E-state index contributed by atoms with van der Waals surface area (Å²) < 4.78 is 0. The minimum Gasteiger partial charge on any atom is -0.399 e. The van der Waals surface area contributed by atoms with Gasteiger partial charge in [0.05, 0.1) is 16.5 Å². The van der Waals surface area contributed by atoms with Gasteiger partial charge >= 0.3 is 0 Å². The van der Waals surface area contributed by atoms with Crippen LogP contribution in [0.25, 0.3) is 0 Å². The molecule has 0 heterocycles. The molecule has 110 valence electrons. The quantitative estimate of drug-likeness (QED) is 0.630. The first-order chi connectivity index (χ1) is 9.95. The number of aryl methyl sites for hydroxylation is 1. The van der Waals surface area contributed by atoms with Gasteiger partial charge in [-0.2, -0.15) is 0 Å². The third kappa shape index (κ3) is 4.56. The highest BCUT2D eigenvalue weighted by atomic mass is 35.5. The molecular formula is C15H14Cl2N2OS. The number of halogens is 2. The van der Waals surface area contributed by atoms with Crippen molar-refractivity contribution in [3.05, 3.63) is 52.0 Å². The first kappa shape index (κ1) is 16.0. The van der Waals surface area contributed by atoms with E-state index in [0.29, 0.717) is 21.4 Å². The lowest BCUT2D eigenvalue weighted by Crippen LogP contribution is -2.14. The molecule has 0 spiro atoms. The Kier molecular flexibility index (Phi) is 5.39. The van der Waals surface area contributed by atoms with E-state index in [9.17, 15) is 4.79 Å². The predicted molar refractivity (Wildman–Crippen MR) is 91.4 cm³/mol. The van der Waals surface area contributed by atoms with Crippen LogP contribution in [-0.2, 0) is 4.79 Å². The maximum Gasteiger partial charge on any atom is 0.234 e. The van der Waals surface area contributed by atoms with E-state index in [1.54, 1.807) is 18.2 Å². The molecule has 0 aromatic heterocycles. The number of nitrogen functional groups attached to an aromatic ring is 1. The predicted octanol–water partition coefficient (Wildman–Crippen LogP) is 4.61. The lowest BCUT2D eigenvalue weighted by molar-refractivity contribution is -0.113. The lowest BCUT2D eigenvalue weighted by Gasteiger charge is -2.09. The van der Waals surface area contributed by atoms with Gasteiger partial charge in [0.25, 0.3) is 0 Å². The smallest absolute Gasteiger partial charge is 0.234 e. The van der Waals surface area contributed by atoms with Gasteiger partial charge < -0.3 is 11.1 Å². The third-order valence-electron chi connectivity index (χ3n) is 2.77. The number of benzene rings is 2. The minimum absolute atomic E-state index is 0.147. The fourth-order valence-corrected chi connectivity index (χ4v) is 2.91. The van der Waals surface area contributed by atoms with E-state index in [1.807, 2.05) is 25.1 Å². The number of carbonyl (C=O) groups is 1. The Bertz CT molecular complexity index is 677. The second-order valence-electron chi connectivity index (χ2n) is 4.49. The standard InChI is InChI=1S/C15H14Cl2N2OS/c1-9-2-4-11(18)7-14(9)21-8-15(20)19-13-6-10(16)3-5-12(13)17/h2-7H,8,18H2,1H3,(H,19,20). The van der Waals surface area contributed by atoms with E-state index in [2.05, 4.69) is 5.32 Å². The van der Waals surface area contributed by atoms with Crippen molar-refractivity contribution in [3.63, 3.8) is 0 Å². The van der Waals surface area contributed by atoms with E-state index in [1.165, 1.54) is 11.8 Å². The number of nitrogens with two attached hydrogens (primary N) is 1. The van der Waals surface area contributed by atoms with Crippen LogP contribution in [0.1, 0.15) is 5.56 Å². The van der Waals surface area contributed by atoms with Crippen LogP contribution in [0.15, 0.2) is 41.3 Å². The molecule has 0 aliphatic carbocycles. The highest BCUT2D eigenvalue weighted by Gasteiger charge is 2.08. The van der Waals surface area contributed by atoms with Crippen molar-refractivity contribution in [2.45, 2.75) is 11.8 Å². The highest BCUT2D eigenvalue weighted by molar-refractivity contribution is 8.00. The number of amides is 1. The average molecular weight is 341 g/mol. The number of anilines is 2. The fourth-order valence-electron chi connectivity index (χ4n) is 1.70. The van der Waals surface area contributed by atoms with E-state index in [0.717, 1.165) is 10.5 Å². The van der Waals surface area contributed by atoms with Crippen molar-refractivity contribution in [1.82, 2.24) is 0 Å². The number of hydrogen-bond acceptors (Lipinski definition) is 3. The van der Waals surface area contributed by atoms with Gasteiger partial charge in [0.2, 0.25) is 5.91 Å². The molecule has 2 aromatic rings. The molecule has 2 aromatic carbocycles. The van der Waals surface area contributed by atoms with Crippen LogP contribution in [0.3, 0.4) is 0 Å². The van der Waals surface area contributed by atoms with Gasteiger partial charge in [-0.05, 0) is 42.8 Å². The maximum absolute atomic E-state index is 12.0. The molecule has 6 heteroatoms. The largest absolute Gasteiger partial charge is 0.399 e. The van der Waals surface area contributed by atoms with E-state index >= 15 is 0 Å². The van der Waals surface area contributed by atoms with Crippen LogP contribution in [-0.4, -0.2) is 11.7 Å². The first-order valence-electron chi connectivity index (χ1n) is 6.19. The highest BCUT2D eigenvalue weighted by Crippen LogP contribution is 2.27. The first-order valence-corrected chi connectivity index (χ1v) is 7.93. The molecule has 0 fully saturated rings. The number of carbonyl (C=O) groups excluding carboxylic acids is 1. The van der Waals surface area contributed by atoms with Crippen LogP contribution in [0.5, 0.6) is 0 Å². The van der Waals surface area contributed by atoms with Crippen molar-refractivity contribution in [2.75, 3.05) is 16.8 Å². The van der Waals surface area contributed by atoms with Crippen molar-refractivity contribution in [2.24, 2.45) is 0 Å². The molecule has 0 radical (unpaired) electrons. The van der Waals surface area contributed by atoms with Gasteiger partial charge in [-0.25, -0.2) is 0 Å². The molecule has 21 heavy (non-hydrogen) atoms. The van der Waals surface area contributed by atoms with Crippen LogP contribution < -0.4 is 11.1 Å². The molecule has 0 bridgehead atoms. The SMILES string of the molecule is Cc1ccc(N)cc1SCC(=O)Nc1cc(Cl)ccc1Cl. The average Bonchev–Trinajstić information content (AvgIpc) is 2.44. The number of nitrogens with one attached hydrogen (secondary N) is 1. The normalized spacial score (nSPS) is 10.4. The Hall–Kier alpha value is -1.36. The molecule has 0 saturated carbocycles. The summed E-state index contributed by atoms with van der Waals surface area (Å²) in [6.07, 6.45) is 0. The van der Waals surface area contributed by atoms with Gasteiger partial charge in [-0.1, -0.05) is 29.3 Å². The number of rotatable bonds is 4. The van der Waals surface area contributed by atoms with Crippen molar-refractivity contribution < 1.29 is 4.79 Å². The van der Waals surface area contributed by atoms with Crippen LogP contribution in [0, 0.1) is 6.92 Å². The molecule has 3 nitrogen and oxygen atoms in total.